The van der Waals surface area contributed by atoms with E-state index in [1.54, 1.807) is 12.1 Å². The van der Waals surface area contributed by atoms with E-state index >= 15 is 0 Å². The molecule has 0 saturated carbocycles. The Labute approximate surface area is 89.5 Å². The van der Waals surface area contributed by atoms with Crippen molar-refractivity contribution in [2.75, 3.05) is 0 Å². The van der Waals surface area contributed by atoms with Crippen LogP contribution in [0.2, 0.25) is 0 Å². The van der Waals surface area contributed by atoms with Crippen LogP contribution in [0.25, 0.3) is 0 Å². The zero-order valence-electron chi connectivity index (χ0n) is 7.27. The third kappa shape index (κ3) is 2.71. The predicted octanol–water partition coefficient (Wildman–Crippen LogP) is 1.63. The van der Waals surface area contributed by atoms with Crippen molar-refractivity contribution in [1.82, 2.24) is 0 Å². The average Bonchev–Trinajstić information content (AvgIpc) is 2.08. The summed E-state index contributed by atoms with van der Waals surface area (Å²) in [6.07, 6.45) is -0.152. The number of carboxylic acid groups (broad SMARTS) is 1. The van der Waals surface area contributed by atoms with Gasteiger partial charge in [0.1, 0.15) is 5.75 Å². The summed E-state index contributed by atoms with van der Waals surface area (Å²) in [5.41, 5.74) is 6.21. The van der Waals surface area contributed by atoms with E-state index in [0.717, 1.165) is 0 Å². The normalized spacial score (nSPS) is 12.4. The van der Waals surface area contributed by atoms with Gasteiger partial charge in [0, 0.05) is 6.04 Å². The topological polar surface area (TPSA) is 83.6 Å². The molecule has 1 rings (SSSR count). The molecule has 1 atom stereocenters. The number of phenolic OH excluding ortho intramolecular Hbond substituents is 1. The maximum absolute atomic E-state index is 10.4. The van der Waals surface area contributed by atoms with Crippen LogP contribution in [0.5, 0.6) is 5.75 Å². The van der Waals surface area contributed by atoms with Gasteiger partial charge in [0.25, 0.3) is 0 Å². The molecule has 14 heavy (non-hydrogen) atoms. The van der Waals surface area contributed by atoms with E-state index in [-0.39, 0.29) is 12.2 Å². The lowest BCUT2D eigenvalue weighted by Gasteiger charge is -2.09. The summed E-state index contributed by atoms with van der Waals surface area (Å²) in [5.74, 6) is -0.900. The number of carboxylic acids is 1. The van der Waals surface area contributed by atoms with Crippen LogP contribution in [0.15, 0.2) is 22.7 Å². The Morgan fingerprint density at radius 3 is 2.71 bits per heavy atom. The number of carbonyl (C=O) groups is 1. The second kappa shape index (κ2) is 4.43. The van der Waals surface area contributed by atoms with Crippen LogP contribution >= 0.6 is 15.9 Å². The summed E-state index contributed by atoms with van der Waals surface area (Å²) in [5, 5.41) is 17.9. The Morgan fingerprint density at radius 2 is 2.21 bits per heavy atom. The summed E-state index contributed by atoms with van der Waals surface area (Å²) in [6, 6.07) is 4.17. The smallest absolute Gasteiger partial charge is 0.305 e. The zero-order valence-corrected chi connectivity index (χ0v) is 8.86. The highest BCUT2D eigenvalue weighted by Gasteiger charge is 2.11. The fourth-order valence-electron chi connectivity index (χ4n) is 1.07. The third-order valence-electron chi connectivity index (χ3n) is 1.79. The molecule has 4 N–H and O–H groups in total. The molecule has 0 aliphatic carbocycles. The standard InChI is InChI=1S/C9H10BrNO3/c10-6-2-1-5(3-8(6)12)7(11)4-9(13)14/h1-3,7,12H,4,11H2,(H,13,14)/t7-/m1/s1. The van der Waals surface area contributed by atoms with Gasteiger partial charge in [-0.15, -0.1) is 0 Å². The zero-order chi connectivity index (χ0) is 10.7. The van der Waals surface area contributed by atoms with E-state index in [2.05, 4.69) is 15.9 Å². The van der Waals surface area contributed by atoms with Crippen LogP contribution in [0, 0.1) is 0 Å². The van der Waals surface area contributed by atoms with Crippen LogP contribution in [-0.2, 0) is 4.79 Å². The number of phenols is 1. The van der Waals surface area contributed by atoms with E-state index < -0.39 is 12.0 Å². The van der Waals surface area contributed by atoms with Gasteiger partial charge in [-0.3, -0.25) is 4.79 Å². The number of aromatic hydroxyl groups is 1. The van der Waals surface area contributed by atoms with Crippen LogP contribution in [-0.4, -0.2) is 16.2 Å². The van der Waals surface area contributed by atoms with Crippen LogP contribution < -0.4 is 5.73 Å². The minimum Gasteiger partial charge on any atom is -0.507 e. The Hall–Kier alpha value is -1.07. The summed E-state index contributed by atoms with van der Waals surface area (Å²) in [7, 11) is 0. The summed E-state index contributed by atoms with van der Waals surface area (Å²) < 4.78 is 0.559. The van der Waals surface area contributed by atoms with Gasteiger partial charge in [-0.1, -0.05) is 6.07 Å². The van der Waals surface area contributed by atoms with Crippen molar-refractivity contribution in [2.24, 2.45) is 5.73 Å². The minimum atomic E-state index is -0.958. The lowest BCUT2D eigenvalue weighted by atomic mass is 10.0. The Kier molecular flexibility index (Phi) is 3.49. The molecule has 0 aliphatic rings. The molecular formula is C9H10BrNO3. The van der Waals surface area contributed by atoms with Crippen molar-refractivity contribution >= 4 is 21.9 Å². The molecule has 0 fully saturated rings. The fraction of sp³-hybridized carbons (Fsp3) is 0.222. The summed E-state index contributed by atoms with van der Waals surface area (Å²) in [6.45, 7) is 0. The molecule has 0 saturated heterocycles. The predicted molar refractivity (Wildman–Crippen MR) is 55.0 cm³/mol. The van der Waals surface area contributed by atoms with Crippen LogP contribution in [0.3, 0.4) is 0 Å². The molecule has 1 aromatic carbocycles. The monoisotopic (exact) mass is 259 g/mol. The van der Waals surface area contributed by atoms with Gasteiger partial charge in [0.05, 0.1) is 10.9 Å². The molecule has 0 radical (unpaired) electrons. The second-order valence-electron chi connectivity index (χ2n) is 2.92. The number of benzene rings is 1. The van der Waals surface area contributed by atoms with Gasteiger partial charge >= 0.3 is 5.97 Å². The van der Waals surface area contributed by atoms with Gasteiger partial charge < -0.3 is 15.9 Å². The molecule has 0 amide bonds. The average molecular weight is 260 g/mol. The van der Waals surface area contributed by atoms with Crippen molar-refractivity contribution in [3.05, 3.63) is 28.2 Å². The number of aliphatic carboxylic acids is 1. The van der Waals surface area contributed by atoms with Crippen LogP contribution in [0.1, 0.15) is 18.0 Å². The highest BCUT2D eigenvalue weighted by Crippen LogP contribution is 2.27. The highest BCUT2D eigenvalue weighted by molar-refractivity contribution is 9.10. The first-order chi connectivity index (χ1) is 6.50. The Bertz CT molecular complexity index is 354. The number of rotatable bonds is 3. The first-order valence-electron chi connectivity index (χ1n) is 3.96. The first-order valence-corrected chi connectivity index (χ1v) is 4.76. The van der Waals surface area contributed by atoms with Crippen molar-refractivity contribution in [3.63, 3.8) is 0 Å². The fourth-order valence-corrected chi connectivity index (χ4v) is 1.31. The quantitative estimate of drug-likeness (QED) is 0.771. The molecule has 4 nitrogen and oxygen atoms in total. The molecular weight excluding hydrogens is 250 g/mol. The highest BCUT2D eigenvalue weighted by atomic mass is 79.9. The number of halogens is 1. The van der Waals surface area contributed by atoms with Crippen molar-refractivity contribution in [1.29, 1.82) is 0 Å². The Morgan fingerprint density at radius 1 is 1.57 bits per heavy atom. The number of hydrogen-bond acceptors (Lipinski definition) is 3. The summed E-state index contributed by atoms with van der Waals surface area (Å²) in [4.78, 5) is 10.4. The van der Waals surface area contributed by atoms with Crippen molar-refractivity contribution in [2.45, 2.75) is 12.5 Å². The van der Waals surface area contributed by atoms with E-state index in [0.29, 0.717) is 10.0 Å². The molecule has 0 bridgehead atoms. The second-order valence-corrected chi connectivity index (χ2v) is 3.77. The Balaban J connectivity index is 2.85. The van der Waals surface area contributed by atoms with Gasteiger partial charge in [0.15, 0.2) is 0 Å². The van der Waals surface area contributed by atoms with E-state index in [1.807, 2.05) is 0 Å². The van der Waals surface area contributed by atoms with E-state index in [1.165, 1.54) is 6.07 Å². The van der Waals surface area contributed by atoms with Gasteiger partial charge in [-0.05, 0) is 33.6 Å². The maximum Gasteiger partial charge on any atom is 0.305 e. The molecule has 1 aromatic rings. The lowest BCUT2D eigenvalue weighted by molar-refractivity contribution is -0.137. The molecule has 0 heterocycles. The largest absolute Gasteiger partial charge is 0.507 e. The van der Waals surface area contributed by atoms with E-state index in [4.69, 9.17) is 10.8 Å². The number of nitrogens with two attached hydrogens (primary N) is 1. The summed E-state index contributed by atoms with van der Waals surface area (Å²) >= 11 is 3.12. The molecule has 0 unspecified atom stereocenters. The lowest BCUT2D eigenvalue weighted by Crippen LogP contribution is -2.14. The maximum atomic E-state index is 10.4. The van der Waals surface area contributed by atoms with Gasteiger partial charge in [-0.2, -0.15) is 0 Å². The van der Waals surface area contributed by atoms with Crippen molar-refractivity contribution in [3.8, 4) is 5.75 Å². The third-order valence-corrected chi connectivity index (χ3v) is 2.46. The van der Waals surface area contributed by atoms with E-state index in [9.17, 15) is 9.90 Å². The van der Waals surface area contributed by atoms with Crippen molar-refractivity contribution < 1.29 is 15.0 Å². The first kappa shape index (κ1) is 11.0. The molecule has 76 valence electrons. The molecule has 0 spiro atoms. The SMILES string of the molecule is N[C@H](CC(=O)O)c1ccc(Br)c(O)c1. The number of hydrogen-bond donors (Lipinski definition) is 3. The minimum absolute atomic E-state index is 0.0586. The molecule has 0 aliphatic heterocycles. The van der Waals surface area contributed by atoms with Gasteiger partial charge in [-0.25, -0.2) is 0 Å². The molecule has 0 aromatic heterocycles. The van der Waals surface area contributed by atoms with Crippen LogP contribution in [0.4, 0.5) is 0 Å². The molecule has 5 heteroatoms. The van der Waals surface area contributed by atoms with Gasteiger partial charge in [0.2, 0.25) is 0 Å².